The first-order valence-corrected chi connectivity index (χ1v) is 10.0. The molecule has 1 heterocycles. The van der Waals surface area contributed by atoms with Gasteiger partial charge < -0.3 is 9.64 Å². The molecular formula is C22H25N3O2S. The zero-order chi connectivity index (χ0) is 19.9. The molecule has 0 spiro atoms. The largest absolute Gasteiger partial charge is 0.497 e. The Kier molecular flexibility index (Phi) is 6.79. The van der Waals surface area contributed by atoms with Crippen molar-refractivity contribution in [3.63, 3.8) is 0 Å². The Bertz CT molecular complexity index is 951. The maximum Gasteiger partial charge on any atom is 0.252 e. The van der Waals surface area contributed by atoms with Gasteiger partial charge in [0.1, 0.15) is 5.75 Å². The summed E-state index contributed by atoms with van der Waals surface area (Å²) < 4.78 is 6.31. The first-order chi connectivity index (χ1) is 13.6. The fraction of sp³-hybridized carbons (Fsp3) is 0.273. The molecule has 0 saturated heterocycles. The average molecular weight is 396 g/mol. The summed E-state index contributed by atoms with van der Waals surface area (Å²) in [6.45, 7) is 1.53. The van der Waals surface area contributed by atoms with Gasteiger partial charge in [-0.15, -0.1) is 0 Å². The topological polar surface area (TPSA) is 45.7 Å². The molecule has 0 fully saturated rings. The maximum atomic E-state index is 13.0. The summed E-state index contributed by atoms with van der Waals surface area (Å²) in [7, 11) is 5.71. The summed E-state index contributed by atoms with van der Waals surface area (Å²) in [4.78, 5) is 21.5. The van der Waals surface area contributed by atoms with E-state index in [1.54, 1.807) is 18.1 Å². The number of nitrogens with zero attached hydrogens (tertiary/aromatic N) is 3. The second-order valence-electron chi connectivity index (χ2n) is 6.72. The van der Waals surface area contributed by atoms with Crippen LogP contribution in [-0.2, 0) is 4.79 Å². The van der Waals surface area contributed by atoms with Gasteiger partial charge >= 0.3 is 0 Å². The second kappa shape index (κ2) is 9.48. The van der Waals surface area contributed by atoms with E-state index in [1.807, 2.05) is 68.7 Å². The highest BCUT2D eigenvalue weighted by molar-refractivity contribution is 7.22. The number of hydrogen-bond acceptors (Lipinski definition) is 5. The number of anilines is 1. The summed E-state index contributed by atoms with van der Waals surface area (Å²) in [5.41, 5.74) is 1.87. The summed E-state index contributed by atoms with van der Waals surface area (Å²) in [6.07, 6.45) is 4.34. The lowest BCUT2D eigenvalue weighted by Crippen LogP contribution is -2.32. The molecule has 0 bridgehead atoms. The van der Waals surface area contributed by atoms with E-state index in [1.165, 1.54) is 11.3 Å². The predicted molar refractivity (Wildman–Crippen MR) is 117 cm³/mol. The highest BCUT2D eigenvalue weighted by Crippen LogP contribution is 2.31. The first kappa shape index (κ1) is 20.0. The Balaban J connectivity index is 1.85. The number of benzene rings is 2. The molecule has 146 valence electrons. The normalized spacial score (nSPS) is 11.4. The van der Waals surface area contributed by atoms with Crippen molar-refractivity contribution in [2.45, 2.75) is 6.42 Å². The van der Waals surface area contributed by atoms with Gasteiger partial charge in [0.25, 0.3) is 5.91 Å². The Labute approximate surface area is 169 Å². The lowest BCUT2D eigenvalue weighted by atomic mass is 10.2. The molecule has 28 heavy (non-hydrogen) atoms. The first-order valence-electron chi connectivity index (χ1n) is 9.21. The summed E-state index contributed by atoms with van der Waals surface area (Å²) >= 11 is 1.51. The highest BCUT2D eigenvalue weighted by atomic mass is 32.1. The number of hydrogen-bond donors (Lipinski definition) is 0. The van der Waals surface area contributed by atoms with Crippen LogP contribution in [0.5, 0.6) is 5.75 Å². The van der Waals surface area contributed by atoms with E-state index in [2.05, 4.69) is 9.88 Å². The predicted octanol–water partition coefficient (Wildman–Crippen LogP) is 4.30. The van der Waals surface area contributed by atoms with Crippen LogP contribution in [0, 0.1) is 0 Å². The van der Waals surface area contributed by atoms with Crippen molar-refractivity contribution in [3.8, 4) is 5.75 Å². The van der Waals surface area contributed by atoms with Crippen LogP contribution in [0.4, 0.5) is 5.13 Å². The third kappa shape index (κ3) is 5.18. The van der Waals surface area contributed by atoms with Gasteiger partial charge in [-0.05, 0) is 56.9 Å². The van der Waals surface area contributed by atoms with Crippen molar-refractivity contribution in [2.75, 3.05) is 39.2 Å². The number of carbonyl (C=O) groups is 1. The minimum Gasteiger partial charge on any atom is -0.497 e. The second-order valence-corrected chi connectivity index (χ2v) is 7.73. The minimum absolute atomic E-state index is 0.0615. The van der Waals surface area contributed by atoms with Crippen molar-refractivity contribution in [3.05, 3.63) is 60.2 Å². The smallest absolute Gasteiger partial charge is 0.252 e. The standard InChI is InChI=1S/C22H25N3O2S/c1-24(2)14-7-15-25(21(26)13-10-17-8-5-4-6-9-17)22-23-19-12-11-18(27-3)16-20(19)28-22/h4-6,8-13,16H,7,14-15H2,1-3H3. The van der Waals surface area contributed by atoms with Gasteiger partial charge in [-0.1, -0.05) is 41.7 Å². The van der Waals surface area contributed by atoms with Crippen molar-refractivity contribution in [1.29, 1.82) is 0 Å². The number of carbonyl (C=O) groups excluding carboxylic acids is 1. The Morgan fingerprint density at radius 2 is 1.93 bits per heavy atom. The molecule has 0 aliphatic heterocycles. The minimum atomic E-state index is -0.0615. The molecule has 3 aromatic rings. The zero-order valence-electron chi connectivity index (χ0n) is 16.5. The molecule has 3 rings (SSSR count). The van der Waals surface area contributed by atoms with Crippen molar-refractivity contribution >= 4 is 38.7 Å². The molecule has 5 nitrogen and oxygen atoms in total. The Hall–Kier alpha value is -2.70. The van der Waals surface area contributed by atoms with Crippen LogP contribution >= 0.6 is 11.3 Å². The SMILES string of the molecule is COc1ccc2nc(N(CCCN(C)C)C(=O)C=Cc3ccccc3)sc2c1. The summed E-state index contributed by atoms with van der Waals surface area (Å²) in [6, 6.07) is 15.6. The molecule has 0 unspecified atom stereocenters. The molecule has 0 atom stereocenters. The van der Waals surface area contributed by atoms with Gasteiger partial charge in [0.05, 0.1) is 17.3 Å². The van der Waals surface area contributed by atoms with Crippen LogP contribution in [-0.4, -0.2) is 50.1 Å². The van der Waals surface area contributed by atoms with Gasteiger partial charge in [-0.2, -0.15) is 0 Å². The van der Waals surface area contributed by atoms with Crippen LogP contribution in [0.1, 0.15) is 12.0 Å². The quantitative estimate of drug-likeness (QED) is 0.534. The number of thiazole rings is 1. The molecule has 2 aromatic carbocycles. The van der Waals surface area contributed by atoms with Gasteiger partial charge in [0, 0.05) is 12.6 Å². The molecular weight excluding hydrogens is 370 g/mol. The third-order valence-corrected chi connectivity index (χ3v) is 5.33. The Morgan fingerprint density at radius 3 is 2.64 bits per heavy atom. The summed E-state index contributed by atoms with van der Waals surface area (Å²) in [5.74, 6) is 0.728. The van der Waals surface area contributed by atoms with E-state index in [0.717, 1.165) is 34.5 Å². The van der Waals surface area contributed by atoms with Gasteiger partial charge in [0.2, 0.25) is 0 Å². The fourth-order valence-electron chi connectivity index (χ4n) is 2.80. The maximum absolute atomic E-state index is 13.0. The molecule has 1 amide bonds. The number of amides is 1. The van der Waals surface area contributed by atoms with Gasteiger partial charge in [-0.25, -0.2) is 4.98 Å². The van der Waals surface area contributed by atoms with Crippen molar-refractivity contribution in [1.82, 2.24) is 9.88 Å². The van der Waals surface area contributed by atoms with Crippen molar-refractivity contribution < 1.29 is 9.53 Å². The molecule has 0 N–H and O–H groups in total. The van der Waals surface area contributed by atoms with E-state index in [4.69, 9.17) is 4.74 Å². The third-order valence-electron chi connectivity index (χ3n) is 4.29. The van der Waals surface area contributed by atoms with Crippen LogP contribution in [0.3, 0.4) is 0 Å². The van der Waals surface area contributed by atoms with E-state index < -0.39 is 0 Å². The van der Waals surface area contributed by atoms with Crippen LogP contribution in [0.2, 0.25) is 0 Å². The average Bonchev–Trinajstić information content (AvgIpc) is 3.12. The lowest BCUT2D eigenvalue weighted by Gasteiger charge is -2.19. The van der Waals surface area contributed by atoms with E-state index in [-0.39, 0.29) is 5.91 Å². The Morgan fingerprint density at radius 1 is 1.14 bits per heavy atom. The fourth-order valence-corrected chi connectivity index (χ4v) is 3.83. The van der Waals surface area contributed by atoms with Crippen LogP contribution in [0.25, 0.3) is 16.3 Å². The number of rotatable bonds is 8. The number of methoxy groups -OCH3 is 1. The summed E-state index contributed by atoms with van der Waals surface area (Å²) in [5, 5.41) is 0.713. The van der Waals surface area contributed by atoms with Crippen LogP contribution < -0.4 is 9.64 Å². The van der Waals surface area contributed by atoms with E-state index in [9.17, 15) is 4.79 Å². The van der Waals surface area contributed by atoms with E-state index in [0.29, 0.717) is 11.7 Å². The molecule has 1 aromatic heterocycles. The van der Waals surface area contributed by atoms with E-state index >= 15 is 0 Å². The van der Waals surface area contributed by atoms with Gasteiger partial charge in [-0.3, -0.25) is 9.69 Å². The molecule has 0 aliphatic rings. The zero-order valence-corrected chi connectivity index (χ0v) is 17.3. The monoisotopic (exact) mass is 395 g/mol. The number of aromatic nitrogens is 1. The number of fused-ring (bicyclic) bond motifs is 1. The van der Waals surface area contributed by atoms with Gasteiger partial charge in [0.15, 0.2) is 5.13 Å². The number of ether oxygens (including phenoxy) is 1. The highest BCUT2D eigenvalue weighted by Gasteiger charge is 2.18. The molecule has 6 heteroatoms. The van der Waals surface area contributed by atoms with Crippen molar-refractivity contribution in [2.24, 2.45) is 0 Å². The molecule has 0 saturated carbocycles. The lowest BCUT2D eigenvalue weighted by molar-refractivity contribution is -0.114. The molecule has 0 radical (unpaired) electrons. The molecule has 0 aliphatic carbocycles. The van der Waals surface area contributed by atoms with Crippen LogP contribution in [0.15, 0.2) is 54.6 Å².